The van der Waals surface area contributed by atoms with Gasteiger partial charge in [0, 0.05) is 21.5 Å². The monoisotopic (exact) mass is 569 g/mol. The molecule has 3 aliphatic heterocycles. The van der Waals surface area contributed by atoms with E-state index in [1.54, 1.807) is 0 Å². The highest BCUT2D eigenvalue weighted by Gasteiger charge is 2.63. The smallest absolute Gasteiger partial charge is 0.306 e. The van der Waals surface area contributed by atoms with E-state index >= 15 is 0 Å². The molecule has 7 rings (SSSR count). The first-order valence-electron chi connectivity index (χ1n) is 12.1. The minimum Gasteiger partial charge on any atom is -0.453 e. The van der Waals surface area contributed by atoms with E-state index in [0.717, 1.165) is 38.1 Å². The van der Waals surface area contributed by atoms with E-state index in [0.29, 0.717) is 23.7 Å². The van der Waals surface area contributed by atoms with Crippen LogP contribution >= 0.6 is 27.5 Å². The second-order valence-electron chi connectivity index (χ2n) is 9.44. The number of hydrogen-bond donors (Lipinski definition) is 0. The topological polar surface area (TPSA) is 45.1 Å². The van der Waals surface area contributed by atoms with Crippen LogP contribution in [0.5, 0.6) is 5.75 Å². The molecule has 3 aliphatic rings. The first-order valence-corrected chi connectivity index (χ1v) is 13.3. The van der Waals surface area contributed by atoms with Crippen LogP contribution < -0.4 is 9.64 Å². The normalized spacial score (nSPS) is 21.4. The number of rotatable bonds is 3. The van der Waals surface area contributed by atoms with Crippen molar-refractivity contribution >= 4 is 44.8 Å². The van der Waals surface area contributed by atoms with Crippen LogP contribution in [0.1, 0.15) is 34.7 Å². The number of hydrogen-bond acceptors (Lipinski definition) is 4. The van der Waals surface area contributed by atoms with Gasteiger partial charge in [0.2, 0.25) is 0 Å². The molecule has 0 aliphatic carbocycles. The maximum atomic E-state index is 14.5. The molecule has 0 aromatic heterocycles. The van der Waals surface area contributed by atoms with E-state index in [4.69, 9.17) is 21.4 Å². The molecular weight excluding hydrogens is 550 g/mol. The van der Waals surface area contributed by atoms with Crippen molar-refractivity contribution in [3.63, 3.8) is 0 Å². The lowest BCUT2D eigenvalue weighted by Gasteiger charge is -2.44. The number of anilines is 1. The fraction of sp³-hybridized carbons (Fsp3) is 0.133. The summed E-state index contributed by atoms with van der Waals surface area (Å²) in [5, 5.41) is 7.64. The summed E-state index contributed by atoms with van der Waals surface area (Å²) in [6.45, 7) is 0.446. The molecule has 4 aromatic carbocycles. The van der Waals surface area contributed by atoms with E-state index < -0.39 is 5.72 Å². The molecule has 0 bridgehead atoms. The molecule has 5 nitrogen and oxygen atoms in total. The van der Waals surface area contributed by atoms with Gasteiger partial charge in [-0.1, -0.05) is 88.2 Å². The Bertz CT molecular complexity index is 1570. The fourth-order valence-electron chi connectivity index (χ4n) is 5.58. The van der Waals surface area contributed by atoms with E-state index in [1.807, 2.05) is 101 Å². The highest BCUT2D eigenvalue weighted by atomic mass is 79.9. The molecule has 0 saturated heterocycles. The number of fused-ring (bicyclic) bond motifs is 6. The molecule has 37 heavy (non-hydrogen) atoms. The molecule has 0 saturated carbocycles. The number of amides is 1. The van der Waals surface area contributed by atoms with Gasteiger partial charge < -0.3 is 9.64 Å². The van der Waals surface area contributed by atoms with Crippen LogP contribution in [-0.4, -0.2) is 16.6 Å². The van der Waals surface area contributed by atoms with Crippen LogP contribution in [0.25, 0.3) is 0 Å². The van der Waals surface area contributed by atoms with Crippen molar-refractivity contribution in [3.05, 3.63) is 129 Å². The number of halogens is 2. The summed E-state index contributed by atoms with van der Waals surface area (Å²) < 4.78 is 7.70. The molecule has 0 N–H and O–H groups in total. The molecule has 0 unspecified atom stereocenters. The minimum absolute atomic E-state index is 0.141. The third-order valence-corrected chi connectivity index (χ3v) is 8.02. The number of ether oxygens (including phenoxy) is 1. The summed E-state index contributed by atoms with van der Waals surface area (Å²) in [6, 6.07) is 31.4. The van der Waals surface area contributed by atoms with Crippen molar-refractivity contribution in [3.8, 4) is 5.75 Å². The molecule has 4 aromatic rings. The van der Waals surface area contributed by atoms with Crippen LogP contribution in [0.3, 0.4) is 0 Å². The summed E-state index contributed by atoms with van der Waals surface area (Å²) in [6.07, 6.45) is 0.643. The second-order valence-corrected chi connectivity index (χ2v) is 10.8. The van der Waals surface area contributed by atoms with Crippen LogP contribution in [0.2, 0.25) is 5.02 Å². The Labute approximate surface area is 228 Å². The van der Waals surface area contributed by atoms with Crippen LogP contribution in [0.4, 0.5) is 5.69 Å². The largest absolute Gasteiger partial charge is 0.453 e. The lowest BCUT2D eigenvalue weighted by Crippen LogP contribution is -2.57. The standard InChI is InChI=1S/C30H21BrClN3O2/c31-21-12-15-28-23(16-21)27-17-25(20-10-13-22(32)14-11-20)33-35(27)30(37-28)24-8-4-5-9-26(24)34(29(30)36)18-19-6-2-1-3-7-19/h1-16,27H,17-18H2/t27-,30+/m0/s1. The van der Waals surface area contributed by atoms with E-state index in [1.165, 1.54) is 0 Å². The maximum Gasteiger partial charge on any atom is 0.306 e. The summed E-state index contributed by atoms with van der Waals surface area (Å²) >= 11 is 9.77. The number of nitrogens with zero attached hydrogens (tertiary/aromatic N) is 3. The van der Waals surface area contributed by atoms with Gasteiger partial charge in [0.15, 0.2) is 0 Å². The van der Waals surface area contributed by atoms with Crippen molar-refractivity contribution in [2.75, 3.05) is 4.90 Å². The third-order valence-electron chi connectivity index (χ3n) is 7.28. The Morgan fingerprint density at radius 3 is 2.54 bits per heavy atom. The number of carbonyl (C=O) groups is 1. The summed E-state index contributed by atoms with van der Waals surface area (Å²) in [5.41, 5.74) is 4.16. The molecule has 182 valence electrons. The minimum atomic E-state index is -1.40. The molecule has 2 atom stereocenters. The Morgan fingerprint density at radius 1 is 0.973 bits per heavy atom. The number of benzene rings is 4. The highest BCUT2D eigenvalue weighted by molar-refractivity contribution is 9.10. The molecular formula is C30H21BrClN3O2. The Hall–Kier alpha value is -3.61. The van der Waals surface area contributed by atoms with Crippen LogP contribution in [0.15, 0.2) is 107 Å². The average molecular weight is 571 g/mol. The molecule has 3 heterocycles. The lowest BCUT2D eigenvalue weighted by molar-refractivity contribution is -0.164. The van der Waals surface area contributed by atoms with Crippen molar-refractivity contribution < 1.29 is 9.53 Å². The highest BCUT2D eigenvalue weighted by Crippen LogP contribution is 2.56. The SMILES string of the molecule is O=C1N(Cc2ccccc2)c2ccccc2[C@@]12Oc1ccc(Br)cc1[C@@H]1CC(c3ccc(Cl)cc3)=NN12. The van der Waals surface area contributed by atoms with Gasteiger partial charge in [-0.05, 0) is 47.5 Å². The Balaban J connectivity index is 1.41. The predicted molar refractivity (Wildman–Crippen MR) is 148 cm³/mol. The maximum absolute atomic E-state index is 14.5. The van der Waals surface area contributed by atoms with Gasteiger partial charge >= 0.3 is 5.72 Å². The Kier molecular flexibility index (Phi) is 5.17. The number of hydrazone groups is 1. The van der Waals surface area contributed by atoms with Gasteiger partial charge in [-0.3, -0.25) is 4.79 Å². The number of carbonyl (C=O) groups excluding carboxylic acids is 1. The first-order chi connectivity index (χ1) is 18.0. The van der Waals surface area contributed by atoms with Crippen molar-refractivity contribution in [1.29, 1.82) is 0 Å². The van der Waals surface area contributed by atoms with Crippen LogP contribution in [-0.2, 0) is 17.1 Å². The van der Waals surface area contributed by atoms with Crippen molar-refractivity contribution in [1.82, 2.24) is 5.01 Å². The van der Waals surface area contributed by atoms with Gasteiger partial charge in [0.25, 0.3) is 5.91 Å². The zero-order chi connectivity index (χ0) is 25.1. The zero-order valence-corrected chi connectivity index (χ0v) is 22.0. The van der Waals surface area contributed by atoms with Crippen molar-refractivity contribution in [2.24, 2.45) is 5.10 Å². The quantitative estimate of drug-likeness (QED) is 0.265. The molecule has 1 amide bonds. The molecule has 1 spiro atoms. The first kappa shape index (κ1) is 22.6. The summed E-state index contributed by atoms with van der Waals surface area (Å²) in [4.78, 5) is 16.3. The number of para-hydroxylation sites is 1. The van der Waals surface area contributed by atoms with Crippen LogP contribution in [0, 0.1) is 0 Å². The lowest BCUT2D eigenvalue weighted by atomic mass is 9.92. The van der Waals surface area contributed by atoms with Crippen molar-refractivity contribution in [2.45, 2.75) is 24.7 Å². The molecule has 0 radical (unpaired) electrons. The summed E-state index contributed by atoms with van der Waals surface area (Å²) in [5.74, 6) is 0.555. The van der Waals surface area contributed by atoms with Gasteiger partial charge in [0.05, 0.1) is 29.5 Å². The molecule has 0 fully saturated rings. The van der Waals surface area contributed by atoms with Gasteiger partial charge in [0.1, 0.15) is 5.75 Å². The second kappa shape index (κ2) is 8.47. The van der Waals surface area contributed by atoms with E-state index in [2.05, 4.69) is 22.0 Å². The zero-order valence-electron chi connectivity index (χ0n) is 19.6. The van der Waals surface area contributed by atoms with E-state index in [9.17, 15) is 4.79 Å². The molecule has 7 heteroatoms. The van der Waals surface area contributed by atoms with E-state index in [-0.39, 0.29) is 11.9 Å². The Morgan fingerprint density at radius 2 is 1.73 bits per heavy atom. The van der Waals surface area contributed by atoms with Gasteiger partial charge in [-0.15, -0.1) is 0 Å². The van der Waals surface area contributed by atoms with Gasteiger partial charge in [-0.2, -0.15) is 5.10 Å². The predicted octanol–water partition coefficient (Wildman–Crippen LogP) is 7.05. The fourth-order valence-corrected chi connectivity index (χ4v) is 6.09. The third kappa shape index (κ3) is 3.43. The summed E-state index contributed by atoms with van der Waals surface area (Å²) in [7, 11) is 0. The average Bonchev–Trinajstić information content (AvgIpc) is 3.46. The van der Waals surface area contributed by atoms with Gasteiger partial charge in [-0.25, -0.2) is 5.01 Å².